The van der Waals surface area contributed by atoms with Crippen LogP contribution in [0.25, 0.3) is 0 Å². The van der Waals surface area contributed by atoms with Crippen LogP contribution in [-0.2, 0) is 11.3 Å². The third-order valence-electron chi connectivity index (χ3n) is 3.05. The van der Waals surface area contributed by atoms with Gasteiger partial charge in [-0.05, 0) is 38.8 Å². The number of carbonyl (C=O) groups excluding carboxylic acids is 1. The molecule has 1 unspecified atom stereocenters. The van der Waals surface area contributed by atoms with Crippen molar-refractivity contribution in [2.45, 2.75) is 32.7 Å². The van der Waals surface area contributed by atoms with E-state index in [0.717, 1.165) is 25.3 Å². The van der Waals surface area contributed by atoms with E-state index in [9.17, 15) is 4.79 Å². The normalized spacial score (nSPS) is 19.5. The van der Waals surface area contributed by atoms with Crippen LogP contribution in [0.5, 0.6) is 0 Å². The first-order valence-corrected chi connectivity index (χ1v) is 6.13. The van der Waals surface area contributed by atoms with Gasteiger partial charge in [0.25, 0.3) is 0 Å². The second kappa shape index (κ2) is 5.82. The largest absolute Gasteiger partial charge is 0.444 e. The molecule has 94 valence electrons. The van der Waals surface area contributed by atoms with Gasteiger partial charge >= 0.3 is 0 Å². The van der Waals surface area contributed by atoms with Crippen LogP contribution in [-0.4, -0.2) is 24.0 Å². The molecule has 1 aromatic rings. The van der Waals surface area contributed by atoms with Crippen molar-refractivity contribution < 1.29 is 9.21 Å². The van der Waals surface area contributed by atoms with Gasteiger partial charge < -0.3 is 15.1 Å². The highest BCUT2D eigenvalue weighted by atomic mass is 16.4. The molecule has 0 saturated carbocycles. The van der Waals surface area contributed by atoms with Crippen molar-refractivity contribution >= 4 is 5.91 Å². The first kappa shape index (κ1) is 12.1. The van der Waals surface area contributed by atoms with E-state index in [4.69, 9.17) is 4.42 Å². The molecule has 1 aromatic heterocycles. The van der Waals surface area contributed by atoms with E-state index in [0.29, 0.717) is 24.8 Å². The number of nitrogens with one attached hydrogen (secondary N) is 2. The van der Waals surface area contributed by atoms with E-state index in [-0.39, 0.29) is 5.91 Å². The minimum Gasteiger partial charge on any atom is -0.444 e. The zero-order valence-electron chi connectivity index (χ0n) is 10.2. The highest BCUT2D eigenvalue weighted by Crippen LogP contribution is 2.13. The minimum absolute atomic E-state index is 0.0766. The maximum absolute atomic E-state index is 11.6. The van der Waals surface area contributed by atoms with Crippen molar-refractivity contribution in [3.63, 3.8) is 0 Å². The summed E-state index contributed by atoms with van der Waals surface area (Å²) in [5, 5.41) is 6.12. The molecule has 1 atom stereocenters. The molecule has 5 heteroatoms. The SMILES string of the molecule is Cc1cnc(CNC(=O)CCC2CCNC2)o1. The summed E-state index contributed by atoms with van der Waals surface area (Å²) in [5.41, 5.74) is 0. The van der Waals surface area contributed by atoms with Gasteiger partial charge in [-0.25, -0.2) is 4.98 Å². The third kappa shape index (κ3) is 3.85. The number of oxazole rings is 1. The van der Waals surface area contributed by atoms with Gasteiger partial charge in [0.2, 0.25) is 11.8 Å². The van der Waals surface area contributed by atoms with Crippen molar-refractivity contribution in [3.8, 4) is 0 Å². The molecule has 0 radical (unpaired) electrons. The average molecular weight is 237 g/mol. The van der Waals surface area contributed by atoms with Gasteiger partial charge in [-0.3, -0.25) is 4.79 Å². The summed E-state index contributed by atoms with van der Waals surface area (Å²) >= 11 is 0. The number of rotatable bonds is 5. The van der Waals surface area contributed by atoms with Crippen molar-refractivity contribution in [1.29, 1.82) is 0 Å². The Morgan fingerprint density at radius 3 is 3.24 bits per heavy atom. The van der Waals surface area contributed by atoms with Gasteiger partial charge in [0.05, 0.1) is 12.7 Å². The molecule has 1 saturated heterocycles. The number of amides is 1. The molecule has 0 bridgehead atoms. The quantitative estimate of drug-likeness (QED) is 0.801. The van der Waals surface area contributed by atoms with E-state index in [1.807, 2.05) is 6.92 Å². The molecular formula is C12H19N3O2. The Labute approximate surface area is 101 Å². The number of hydrogen-bond donors (Lipinski definition) is 2. The van der Waals surface area contributed by atoms with E-state index in [1.165, 1.54) is 6.42 Å². The van der Waals surface area contributed by atoms with Crippen molar-refractivity contribution in [1.82, 2.24) is 15.6 Å². The van der Waals surface area contributed by atoms with E-state index >= 15 is 0 Å². The highest BCUT2D eigenvalue weighted by Gasteiger charge is 2.15. The molecule has 5 nitrogen and oxygen atoms in total. The Morgan fingerprint density at radius 1 is 1.71 bits per heavy atom. The smallest absolute Gasteiger partial charge is 0.220 e. The predicted octanol–water partition coefficient (Wildman–Crippen LogP) is 0.989. The summed E-state index contributed by atoms with van der Waals surface area (Å²) in [6.07, 6.45) is 4.40. The summed E-state index contributed by atoms with van der Waals surface area (Å²) in [4.78, 5) is 15.6. The number of hydrogen-bond acceptors (Lipinski definition) is 4. The van der Waals surface area contributed by atoms with Crippen molar-refractivity contribution in [2.75, 3.05) is 13.1 Å². The Morgan fingerprint density at radius 2 is 2.59 bits per heavy atom. The van der Waals surface area contributed by atoms with Gasteiger partial charge in [-0.15, -0.1) is 0 Å². The Bertz CT molecular complexity index is 370. The Kier molecular flexibility index (Phi) is 4.14. The fourth-order valence-corrected chi connectivity index (χ4v) is 2.04. The molecule has 0 spiro atoms. The van der Waals surface area contributed by atoms with Crippen LogP contribution in [0, 0.1) is 12.8 Å². The third-order valence-corrected chi connectivity index (χ3v) is 3.05. The van der Waals surface area contributed by atoms with Crippen molar-refractivity contribution in [3.05, 3.63) is 17.8 Å². The van der Waals surface area contributed by atoms with Crippen LogP contribution < -0.4 is 10.6 Å². The lowest BCUT2D eigenvalue weighted by atomic mass is 10.0. The molecule has 2 N–H and O–H groups in total. The van der Waals surface area contributed by atoms with Crippen LogP contribution >= 0.6 is 0 Å². The summed E-state index contributed by atoms with van der Waals surface area (Å²) in [7, 11) is 0. The lowest BCUT2D eigenvalue weighted by Crippen LogP contribution is -2.23. The van der Waals surface area contributed by atoms with Crippen LogP contribution in [0.1, 0.15) is 30.9 Å². The monoisotopic (exact) mass is 237 g/mol. The molecule has 0 aliphatic carbocycles. The highest BCUT2D eigenvalue weighted by molar-refractivity contribution is 5.75. The van der Waals surface area contributed by atoms with E-state index in [2.05, 4.69) is 15.6 Å². The predicted molar refractivity (Wildman–Crippen MR) is 63.3 cm³/mol. The molecular weight excluding hydrogens is 218 g/mol. The summed E-state index contributed by atoms with van der Waals surface area (Å²) < 4.78 is 5.28. The molecule has 0 aromatic carbocycles. The standard InChI is InChI=1S/C12H19N3O2/c1-9-6-15-12(17-9)8-14-11(16)3-2-10-4-5-13-7-10/h6,10,13H,2-5,7-8H2,1H3,(H,14,16). The van der Waals surface area contributed by atoms with Crippen LogP contribution in [0.15, 0.2) is 10.6 Å². The lowest BCUT2D eigenvalue weighted by Gasteiger charge is -2.07. The summed E-state index contributed by atoms with van der Waals surface area (Å²) in [6, 6.07) is 0. The van der Waals surface area contributed by atoms with Gasteiger partial charge in [-0.1, -0.05) is 0 Å². The number of nitrogens with zero attached hydrogens (tertiary/aromatic N) is 1. The van der Waals surface area contributed by atoms with Gasteiger partial charge in [0.15, 0.2) is 0 Å². The first-order chi connectivity index (χ1) is 8.24. The molecule has 2 heterocycles. The zero-order valence-corrected chi connectivity index (χ0v) is 10.2. The van der Waals surface area contributed by atoms with Gasteiger partial charge in [0, 0.05) is 6.42 Å². The molecule has 2 rings (SSSR count). The number of carbonyl (C=O) groups is 1. The number of aryl methyl sites for hydroxylation is 1. The maximum atomic E-state index is 11.6. The second-order valence-corrected chi connectivity index (χ2v) is 4.54. The topological polar surface area (TPSA) is 67.2 Å². The molecule has 1 fully saturated rings. The first-order valence-electron chi connectivity index (χ1n) is 6.13. The fourth-order valence-electron chi connectivity index (χ4n) is 2.04. The van der Waals surface area contributed by atoms with Crippen LogP contribution in [0.4, 0.5) is 0 Å². The summed E-state index contributed by atoms with van der Waals surface area (Å²) in [5.74, 6) is 2.07. The average Bonchev–Trinajstić information content (AvgIpc) is 2.95. The van der Waals surface area contributed by atoms with Gasteiger partial charge in [0.1, 0.15) is 5.76 Å². The Balaban J connectivity index is 1.63. The molecule has 1 amide bonds. The minimum atomic E-state index is 0.0766. The second-order valence-electron chi connectivity index (χ2n) is 4.54. The molecule has 1 aliphatic heterocycles. The lowest BCUT2D eigenvalue weighted by molar-refractivity contribution is -0.121. The Hall–Kier alpha value is -1.36. The molecule has 17 heavy (non-hydrogen) atoms. The fraction of sp³-hybridized carbons (Fsp3) is 0.667. The van der Waals surface area contributed by atoms with E-state index in [1.54, 1.807) is 6.20 Å². The summed E-state index contributed by atoms with van der Waals surface area (Å²) in [6.45, 7) is 4.36. The molecule has 1 aliphatic rings. The van der Waals surface area contributed by atoms with Crippen LogP contribution in [0.2, 0.25) is 0 Å². The number of aromatic nitrogens is 1. The van der Waals surface area contributed by atoms with Crippen molar-refractivity contribution in [2.24, 2.45) is 5.92 Å². The zero-order chi connectivity index (χ0) is 12.1. The maximum Gasteiger partial charge on any atom is 0.220 e. The van der Waals surface area contributed by atoms with E-state index < -0.39 is 0 Å². The van der Waals surface area contributed by atoms with Gasteiger partial charge in [-0.2, -0.15) is 0 Å². The van der Waals surface area contributed by atoms with Crippen LogP contribution in [0.3, 0.4) is 0 Å².